The number of nitriles is 1. The first-order chi connectivity index (χ1) is 7.62. The average Bonchev–Trinajstić information content (AvgIpc) is 2.29. The molecule has 1 amide bonds. The molecule has 1 unspecified atom stereocenters. The summed E-state index contributed by atoms with van der Waals surface area (Å²) in [6.07, 6.45) is 6.77. The fraction of sp³-hybridized carbons (Fsp3) is 0.846. The summed E-state index contributed by atoms with van der Waals surface area (Å²) >= 11 is 0. The molecule has 0 radical (unpaired) electrons. The summed E-state index contributed by atoms with van der Waals surface area (Å²) in [5, 5.41) is 11.7. The SMILES string of the molecule is CCC(CC#N)NC(=O)C1(C)CCCCC1. The van der Waals surface area contributed by atoms with Crippen molar-refractivity contribution in [3.8, 4) is 6.07 Å². The van der Waals surface area contributed by atoms with Crippen molar-refractivity contribution >= 4 is 5.91 Å². The zero-order valence-electron chi connectivity index (χ0n) is 10.4. The lowest BCUT2D eigenvalue weighted by Gasteiger charge is -2.33. The van der Waals surface area contributed by atoms with Gasteiger partial charge in [-0.3, -0.25) is 4.79 Å². The van der Waals surface area contributed by atoms with Gasteiger partial charge in [0.25, 0.3) is 0 Å². The first-order valence-electron chi connectivity index (χ1n) is 6.30. The van der Waals surface area contributed by atoms with Crippen molar-refractivity contribution in [1.82, 2.24) is 5.32 Å². The van der Waals surface area contributed by atoms with E-state index in [1.807, 2.05) is 6.92 Å². The van der Waals surface area contributed by atoms with Gasteiger partial charge < -0.3 is 5.32 Å². The lowest BCUT2D eigenvalue weighted by molar-refractivity contribution is -0.132. The number of amides is 1. The van der Waals surface area contributed by atoms with Crippen molar-refractivity contribution in [3.05, 3.63) is 0 Å². The zero-order chi connectivity index (χ0) is 12.0. The van der Waals surface area contributed by atoms with Gasteiger partial charge >= 0.3 is 0 Å². The number of carbonyl (C=O) groups excluding carboxylic acids is 1. The van der Waals surface area contributed by atoms with E-state index in [2.05, 4.69) is 18.3 Å². The van der Waals surface area contributed by atoms with Gasteiger partial charge in [-0.2, -0.15) is 5.26 Å². The van der Waals surface area contributed by atoms with Crippen molar-refractivity contribution in [2.75, 3.05) is 0 Å². The van der Waals surface area contributed by atoms with Crippen LogP contribution in [0.5, 0.6) is 0 Å². The third-order valence-electron chi connectivity index (χ3n) is 3.67. The molecule has 0 aromatic rings. The minimum Gasteiger partial charge on any atom is -0.352 e. The van der Waals surface area contributed by atoms with Crippen LogP contribution >= 0.6 is 0 Å². The van der Waals surface area contributed by atoms with E-state index in [1.165, 1.54) is 6.42 Å². The molecule has 1 saturated carbocycles. The molecule has 0 heterocycles. The standard InChI is InChI=1S/C13H22N2O/c1-3-11(7-10-14)15-12(16)13(2)8-5-4-6-9-13/h11H,3-9H2,1-2H3,(H,15,16). The van der Waals surface area contributed by atoms with E-state index in [9.17, 15) is 4.79 Å². The summed E-state index contributed by atoms with van der Waals surface area (Å²) in [7, 11) is 0. The van der Waals surface area contributed by atoms with Gasteiger partial charge in [-0.1, -0.05) is 33.1 Å². The minimum absolute atomic E-state index is 0.0243. The quantitative estimate of drug-likeness (QED) is 0.795. The van der Waals surface area contributed by atoms with Gasteiger partial charge in [0.05, 0.1) is 12.5 Å². The summed E-state index contributed by atoms with van der Waals surface area (Å²) in [6.45, 7) is 4.06. The van der Waals surface area contributed by atoms with E-state index >= 15 is 0 Å². The number of nitrogens with zero attached hydrogens (tertiary/aromatic N) is 1. The predicted octanol–water partition coefficient (Wildman–Crippen LogP) is 2.77. The molecule has 1 rings (SSSR count). The predicted molar refractivity (Wildman–Crippen MR) is 63.6 cm³/mol. The summed E-state index contributed by atoms with van der Waals surface area (Å²) < 4.78 is 0. The summed E-state index contributed by atoms with van der Waals surface area (Å²) in [5.41, 5.74) is -0.193. The van der Waals surface area contributed by atoms with Crippen LogP contribution in [0.1, 0.15) is 58.8 Å². The Labute approximate surface area is 98.2 Å². The fourth-order valence-electron chi connectivity index (χ4n) is 2.33. The first-order valence-corrected chi connectivity index (χ1v) is 6.30. The van der Waals surface area contributed by atoms with Crippen LogP contribution in [0.15, 0.2) is 0 Å². The molecule has 0 aromatic heterocycles. The van der Waals surface area contributed by atoms with Crippen molar-refractivity contribution in [1.29, 1.82) is 5.26 Å². The molecule has 1 atom stereocenters. The second kappa shape index (κ2) is 5.89. The highest BCUT2D eigenvalue weighted by Gasteiger charge is 2.35. The highest BCUT2D eigenvalue weighted by Crippen LogP contribution is 2.35. The largest absolute Gasteiger partial charge is 0.352 e. The third-order valence-corrected chi connectivity index (χ3v) is 3.67. The van der Waals surface area contributed by atoms with Crippen molar-refractivity contribution in [2.45, 2.75) is 64.8 Å². The van der Waals surface area contributed by atoms with E-state index in [0.717, 1.165) is 32.1 Å². The third kappa shape index (κ3) is 3.23. The molecule has 1 N–H and O–H groups in total. The Bertz CT molecular complexity index is 274. The van der Waals surface area contributed by atoms with Gasteiger partial charge in [-0.05, 0) is 19.3 Å². The fourth-order valence-corrected chi connectivity index (χ4v) is 2.33. The molecular formula is C13H22N2O. The number of hydrogen-bond acceptors (Lipinski definition) is 2. The smallest absolute Gasteiger partial charge is 0.226 e. The molecule has 0 aromatic carbocycles. The van der Waals surface area contributed by atoms with Gasteiger partial charge in [0.1, 0.15) is 0 Å². The number of rotatable bonds is 4. The average molecular weight is 222 g/mol. The van der Waals surface area contributed by atoms with Crippen LogP contribution in [-0.2, 0) is 4.79 Å². The molecule has 16 heavy (non-hydrogen) atoms. The zero-order valence-corrected chi connectivity index (χ0v) is 10.4. The molecule has 0 bridgehead atoms. The Morgan fingerprint density at radius 2 is 2.06 bits per heavy atom. The second-order valence-electron chi connectivity index (χ2n) is 5.06. The van der Waals surface area contributed by atoms with E-state index in [1.54, 1.807) is 0 Å². The molecule has 0 spiro atoms. The Morgan fingerprint density at radius 1 is 1.44 bits per heavy atom. The van der Waals surface area contributed by atoms with Crippen LogP contribution in [0.4, 0.5) is 0 Å². The first kappa shape index (κ1) is 13.0. The maximum absolute atomic E-state index is 12.1. The van der Waals surface area contributed by atoms with Gasteiger partial charge in [-0.25, -0.2) is 0 Å². The number of hydrogen-bond donors (Lipinski definition) is 1. The summed E-state index contributed by atoms with van der Waals surface area (Å²) in [4.78, 5) is 12.1. The lowest BCUT2D eigenvalue weighted by Crippen LogP contribution is -2.44. The van der Waals surface area contributed by atoms with Crippen LogP contribution in [0, 0.1) is 16.7 Å². The minimum atomic E-state index is -0.193. The molecule has 1 fully saturated rings. The van der Waals surface area contributed by atoms with Gasteiger partial charge in [-0.15, -0.1) is 0 Å². The van der Waals surface area contributed by atoms with Crippen LogP contribution < -0.4 is 5.32 Å². The summed E-state index contributed by atoms with van der Waals surface area (Å²) in [6, 6.07) is 2.15. The second-order valence-corrected chi connectivity index (χ2v) is 5.06. The van der Waals surface area contributed by atoms with E-state index in [0.29, 0.717) is 6.42 Å². The van der Waals surface area contributed by atoms with Gasteiger partial charge in [0.15, 0.2) is 0 Å². The Morgan fingerprint density at radius 3 is 2.56 bits per heavy atom. The van der Waals surface area contributed by atoms with E-state index < -0.39 is 0 Å². The normalized spacial score (nSPS) is 20.8. The number of carbonyl (C=O) groups is 1. The molecule has 1 aliphatic carbocycles. The Balaban J connectivity index is 2.52. The maximum atomic E-state index is 12.1. The molecule has 90 valence electrons. The van der Waals surface area contributed by atoms with Crippen LogP contribution in [0.25, 0.3) is 0 Å². The highest BCUT2D eigenvalue weighted by molar-refractivity contribution is 5.82. The van der Waals surface area contributed by atoms with Gasteiger partial charge in [0, 0.05) is 11.5 Å². The Hall–Kier alpha value is -1.04. The van der Waals surface area contributed by atoms with E-state index in [-0.39, 0.29) is 17.4 Å². The summed E-state index contributed by atoms with van der Waals surface area (Å²) in [5.74, 6) is 0.148. The molecule has 0 saturated heterocycles. The van der Waals surface area contributed by atoms with Crippen LogP contribution in [-0.4, -0.2) is 11.9 Å². The van der Waals surface area contributed by atoms with Crippen LogP contribution in [0.2, 0.25) is 0 Å². The number of nitrogens with one attached hydrogen (secondary N) is 1. The molecule has 0 aliphatic heterocycles. The van der Waals surface area contributed by atoms with Gasteiger partial charge in [0.2, 0.25) is 5.91 Å². The monoisotopic (exact) mass is 222 g/mol. The maximum Gasteiger partial charge on any atom is 0.226 e. The topological polar surface area (TPSA) is 52.9 Å². The molecule has 3 nitrogen and oxygen atoms in total. The highest BCUT2D eigenvalue weighted by atomic mass is 16.2. The molecule has 1 aliphatic rings. The van der Waals surface area contributed by atoms with Crippen molar-refractivity contribution in [2.24, 2.45) is 5.41 Å². The van der Waals surface area contributed by atoms with Crippen molar-refractivity contribution < 1.29 is 4.79 Å². The van der Waals surface area contributed by atoms with Crippen LogP contribution in [0.3, 0.4) is 0 Å². The van der Waals surface area contributed by atoms with Crippen molar-refractivity contribution in [3.63, 3.8) is 0 Å². The Kier molecular flexibility index (Phi) is 4.79. The van der Waals surface area contributed by atoms with E-state index in [4.69, 9.17) is 5.26 Å². The molecule has 3 heteroatoms. The lowest BCUT2D eigenvalue weighted by atomic mass is 9.75. The molecular weight excluding hydrogens is 200 g/mol.